The zero-order chi connectivity index (χ0) is 15.7. The van der Waals surface area contributed by atoms with Crippen molar-refractivity contribution >= 4 is 27.3 Å². The fraction of sp³-hybridized carbons (Fsp3) is 0.250. The van der Waals surface area contributed by atoms with Crippen molar-refractivity contribution in [1.29, 1.82) is 0 Å². The number of benzene rings is 1. The van der Waals surface area contributed by atoms with Gasteiger partial charge in [-0.3, -0.25) is 9.48 Å². The van der Waals surface area contributed by atoms with Gasteiger partial charge in [-0.2, -0.15) is 5.10 Å². The number of rotatable bonds is 4. The van der Waals surface area contributed by atoms with Crippen LogP contribution in [-0.2, 0) is 13.6 Å². The zero-order valence-electron chi connectivity index (χ0n) is 12.7. The van der Waals surface area contributed by atoms with E-state index in [2.05, 4.69) is 10.4 Å². The molecule has 0 aliphatic carbocycles. The molecular weight excluding hydrogens is 298 g/mol. The highest BCUT2D eigenvalue weighted by atomic mass is 32.1. The number of fused-ring (bicyclic) bond motifs is 1. The summed E-state index contributed by atoms with van der Waals surface area (Å²) in [4.78, 5) is 13.2. The molecule has 114 valence electrons. The fourth-order valence-corrected chi connectivity index (χ4v) is 3.48. The van der Waals surface area contributed by atoms with Crippen LogP contribution in [0.25, 0.3) is 10.1 Å². The number of carbonyl (C=O) groups is 1. The lowest BCUT2D eigenvalue weighted by atomic mass is 10.1. The number of hydrogen-bond acceptors (Lipinski definition) is 4. The van der Waals surface area contributed by atoms with Gasteiger partial charge in [0.1, 0.15) is 5.75 Å². The predicted octanol–water partition coefficient (Wildman–Crippen LogP) is 2.88. The van der Waals surface area contributed by atoms with Crippen LogP contribution in [0.5, 0.6) is 5.75 Å². The van der Waals surface area contributed by atoms with Gasteiger partial charge in [-0.05, 0) is 42.1 Å². The molecule has 0 fully saturated rings. The third kappa shape index (κ3) is 2.57. The van der Waals surface area contributed by atoms with Gasteiger partial charge in [0.05, 0.1) is 24.2 Å². The van der Waals surface area contributed by atoms with Gasteiger partial charge in [-0.25, -0.2) is 0 Å². The Morgan fingerprint density at radius 3 is 2.91 bits per heavy atom. The van der Waals surface area contributed by atoms with Crippen molar-refractivity contribution in [2.45, 2.75) is 13.5 Å². The predicted molar refractivity (Wildman–Crippen MR) is 87.5 cm³/mol. The van der Waals surface area contributed by atoms with Gasteiger partial charge in [0, 0.05) is 17.9 Å². The van der Waals surface area contributed by atoms with E-state index >= 15 is 0 Å². The Labute approximate surface area is 132 Å². The molecule has 3 rings (SSSR count). The normalized spacial score (nSPS) is 10.9. The van der Waals surface area contributed by atoms with Crippen molar-refractivity contribution in [2.24, 2.45) is 7.05 Å². The minimum Gasteiger partial charge on any atom is -0.497 e. The standard InChI is InChI=1S/C16H17N3O2S/c1-10-13-8-12(21-3)4-5-14(13)22-15(10)16(20)17-9-11-6-7-18-19(11)2/h4-8H,9H2,1-3H3,(H,17,20). The van der Waals surface area contributed by atoms with Crippen molar-refractivity contribution in [3.05, 3.63) is 46.6 Å². The smallest absolute Gasteiger partial charge is 0.261 e. The summed E-state index contributed by atoms with van der Waals surface area (Å²) < 4.78 is 8.09. The third-order valence-corrected chi connectivity index (χ3v) is 4.97. The second-order valence-electron chi connectivity index (χ2n) is 5.05. The van der Waals surface area contributed by atoms with E-state index in [1.54, 1.807) is 18.0 Å². The number of amides is 1. The third-order valence-electron chi connectivity index (χ3n) is 3.70. The number of aromatic nitrogens is 2. The molecule has 1 aromatic carbocycles. The van der Waals surface area contributed by atoms with E-state index in [0.717, 1.165) is 32.0 Å². The number of thiophene rings is 1. The minimum atomic E-state index is -0.0566. The number of aryl methyl sites for hydroxylation is 2. The topological polar surface area (TPSA) is 56.1 Å². The van der Waals surface area contributed by atoms with Gasteiger partial charge in [0.2, 0.25) is 0 Å². The van der Waals surface area contributed by atoms with Crippen LogP contribution in [0.4, 0.5) is 0 Å². The molecule has 3 aromatic rings. The first kappa shape index (κ1) is 14.6. The monoisotopic (exact) mass is 315 g/mol. The highest BCUT2D eigenvalue weighted by Gasteiger charge is 2.16. The summed E-state index contributed by atoms with van der Waals surface area (Å²) in [7, 11) is 3.50. The number of nitrogens with one attached hydrogen (secondary N) is 1. The highest BCUT2D eigenvalue weighted by Crippen LogP contribution is 2.33. The summed E-state index contributed by atoms with van der Waals surface area (Å²) in [5.74, 6) is 0.745. The second-order valence-corrected chi connectivity index (χ2v) is 6.10. The first-order chi connectivity index (χ1) is 10.6. The van der Waals surface area contributed by atoms with Gasteiger partial charge in [-0.1, -0.05) is 0 Å². The molecule has 2 aromatic heterocycles. The highest BCUT2D eigenvalue weighted by molar-refractivity contribution is 7.21. The van der Waals surface area contributed by atoms with E-state index in [1.165, 1.54) is 11.3 Å². The van der Waals surface area contributed by atoms with E-state index < -0.39 is 0 Å². The van der Waals surface area contributed by atoms with Crippen LogP contribution in [0, 0.1) is 6.92 Å². The van der Waals surface area contributed by atoms with Crippen molar-refractivity contribution in [3.8, 4) is 5.75 Å². The van der Waals surface area contributed by atoms with Gasteiger partial charge in [-0.15, -0.1) is 11.3 Å². The molecule has 0 saturated carbocycles. The van der Waals surface area contributed by atoms with Crippen LogP contribution < -0.4 is 10.1 Å². The Kier molecular flexibility index (Phi) is 3.85. The average molecular weight is 315 g/mol. The summed E-state index contributed by atoms with van der Waals surface area (Å²) in [6.07, 6.45) is 1.72. The van der Waals surface area contributed by atoms with Gasteiger partial charge >= 0.3 is 0 Å². The number of ether oxygens (including phenoxy) is 1. The molecule has 0 aliphatic rings. The number of carbonyl (C=O) groups excluding carboxylic acids is 1. The molecule has 2 heterocycles. The van der Waals surface area contributed by atoms with E-state index in [0.29, 0.717) is 6.54 Å². The Balaban J connectivity index is 1.84. The van der Waals surface area contributed by atoms with Crippen LogP contribution in [0.15, 0.2) is 30.5 Å². The van der Waals surface area contributed by atoms with Crippen LogP contribution in [0.1, 0.15) is 20.9 Å². The van der Waals surface area contributed by atoms with E-state index in [9.17, 15) is 4.79 Å². The largest absolute Gasteiger partial charge is 0.497 e. The SMILES string of the molecule is COc1ccc2sc(C(=O)NCc3ccnn3C)c(C)c2c1. The van der Waals surface area contributed by atoms with Gasteiger partial charge in [0.25, 0.3) is 5.91 Å². The van der Waals surface area contributed by atoms with Gasteiger partial charge in [0.15, 0.2) is 0 Å². The number of methoxy groups -OCH3 is 1. The maximum Gasteiger partial charge on any atom is 0.261 e. The maximum absolute atomic E-state index is 12.4. The molecule has 0 aliphatic heterocycles. The summed E-state index contributed by atoms with van der Waals surface area (Å²) in [6, 6.07) is 7.77. The Morgan fingerprint density at radius 1 is 1.41 bits per heavy atom. The van der Waals surface area contributed by atoms with E-state index in [-0.39, 0.29) is 5.91 Å². The quantitative estimate of drug-likeness (QED) is 0.805. The Bertz CT molecular complexity index is 835. The lowest BCUT2D eigenvalue weighted by molar-refractivity contribution is 0.0953. The lowest BCUT2D eigenvalue weighted by Crippen LogP contribution is -2.23. The Hall–Kier alpha value is -2.34. The average Bonchev–Trinajstić information content (AvgIpc) is 3.08. The van der Waals surface area contributed by atoms with Gasteiger partial charge < -0.3 is 10.1 Å². The molecule has 0 atom stereocenters. The molecule has 0 saturated heterocycles. The van der Waals surface area contributed by atoms with E-state index in [1.807, 2.05) is 38.2 Å². The van der Waals surface area contributed by atoms with E-state index in [4.69, 9.17) is 4.74 Å². The summed E-state index contributed by atoms with van der Waals surface area (Å²) in [5.41, 5.74) is 1.95. The van der Waals surface area contributed by atoms with Crippen molar-refractivity contribution in [1.82, 2.24) is 15.1 Å². The molecule has 1 N–H and O–H groups in total. The Morgan fingerprint density at radius 2 is 2.23 bits per heavy atom. The molecule has 0 radical (unpaired) electrons. The summed E-state index contributed by atoms with van der Waals surface area (Å²) in [6.45, 7) is 2.43. The van der Waals surface area contributed by atoms with Crippen LogP contribution in [-0.4, -0.2) is 22.8 Å². The van der Waals surface area contributed by atoms with Crippen molar-refractivity contribution in [2.75, 3.05) is 7.11 Å². The molecule has 0 unspecified atom stereocenters. The van der Waals surface area contributed by atoms with Crippen molar-refractivity contribution < 1.29 is 9.53 Å². The molecule has 22 heavy (non-hydrogen) atoms. The molecule has 1 amide bonds. The lowest BCUT2D eigenvalue weighted by Gasteiger charge is -2.05. The second kappa shape index (κ2) is 5.81. The first-order valence-electron chi connectivity index (χ1n) is 6.92. The molecule has 5 nitrogen and oxygen atoms in total. The number of hydrogen-bond donors (Lipinski definition) is 1. The molecular formula is C16H17N3O2S. The van der Waals surface area contributed by atoms with Crippen LogP contribution in [0.3, 0.4) is 0 Å². The minimum absolute atomic E-state index is 0.0566. The first-order valence-corrected chi connectivity index (χ1v) is 7.74. The molecule has 0 spiro atoms. The zero-order valence-corrected chi connectivity index (χ0v) is 13.5. The summed E-state index contributed by atoms with van der Waals surface area (Å²) >= 11 is 1.50. The molecule has 0 bridgehead atoms. The maximum atomic E-state index is 12.4. The number of nitrogens with zero attached hydrogens (tertiary/aromatic N) is 2. The molecule has 6 heteroatoms. The van der Waals surface area contributed by atoms with Crippen molar-refractivity contribution in [3.63, 3.8) is 0 Å². The fourth-order valence-electron chi connectivity index (χ4n) is 2.37. The summed E-state index contributed by atoms with van der Waals surface area (Å²) in [5, 5.41) is 8.11. The van der Waals surface area contributed by atoms with Crippen LogP contribution in [0.2, 0.25) is 0 Å². The van der Waals surface area contributed by atoms with Crippen LogP contribution >= 0.6 is 11.3 Å².